The third kappa shape index (κ3) is 2.65. The van der Waals surface area contributed by atoms with Gasteiger partial charge in [0.1, 0.15) is 0 Å². The van der Waals surface area contributed by atoms with E-state index in [9.17, 15) is 4.79 Å². The number of carbonyl (C=O) groups is 1. The number of nitrogens with zero attached hydrogens (tertiary/aromatic N) is 2. The molecule has 1 aromatic heterocycles. The van der Waals surface area contributed by atoms with Crippen LogP contribution in [0.25, 0.3) is 11.4 Å². The molecule has 0 atom stereocenters. The van der Waals surface area contributed by atoms with Gasteiger partial charge in [-0.25, -0.2) is 0 Å². The van der Waals surface area contributed by atoms with Crippen molar-refractivity contribution < 1.29 is 9.32 Å². The molecule has 4 bridgehead atoms. The molecule has 6 rings (SSSR count). The van der Waals surface area contributed by atoms with Crippen LogP contribution in [0.1, 0.15) is 50.0 Å². The van der Waals surface area contributed by atoms with Crippen molar-refractivity contribution >= 4 is 5.91 Å². The summed E-state index contributed by atoms with van der Waals surface area (Å²) >= 11 is 0. The van der Waals surface area contributed by atoms with Crippen LogP contribution < -0.4 is 5.32 Å². The Morgan fingerprint density at radius 2 is 1.81 bits per heavy atom. The zero-order chi connectivity index (χ0) is 17.7. The van der Waals surface area contributed by atoms with Crippen LogP contribution in [-0.2, 0) is 11.3 Å². The van der Waals surface area contributed by atoms with E-state index < -0.39 is 0 Å². The molecule has 1 N–H and O–H groups in total. The van der Waals surface area contributed by atoms with Gasteiger partial charge in [-0.3, -0.25) is 4.79 Å². The Morgan fingerprint density at radius 3 is 2.46 bits per heavy atom. The summed E-state index contributed by atoms with van der Waals surface area (Å²) in [4.78, 5) is 17.5. The molecule has 1 amide bonds. The van der Waals surface area contributed by atoms with Crippen molar-refractivity contribution in [2.75, 3.05) is 0 Å². The summed E-state index contributed by atoms with van der Waals surface area (Å²) in [6.07, 6.45) is 7.25. The Bertz CT molecular complexity index is 806. The average molecular weight is 351 g/mol. The van der Waals surface area contributed by atoms with Gasteiger partial charge in [-0.05, 0) is 68.8 Å². The predicted octanol–water partition coefficient (Wildman–Crippen LogP) is 3.88. The van der Waals surface area contributed by atoms with E-state index in [1.54, 1.807) is 0 Å². The first kappa shape index (κ1) is 16.0. The smallest absolute Gasteiger partial charge is 0.246 e. The molecule has 4 fully saturated rings. The lowest BCUT2D eigenvalue weighted by molar-refractivity contribution is -0.146. The predicted molar refractivity (Wildman–Crippen MR) is 96.9 cm³/mol. The van der Waals surface area contributed by atoms with Crippen LogP contribution in [0.4, 0.5) is 0 Å². The van der Waals surface area contributed by atoms with Crippen molar-refractivity contribution in [2.24, 2.45) is 23.2 Å². The number of rotatable bonds is 4. The third-order valence-corrected chi connectivity index (χ3v) is 6.77. The molecule has 4 saturated carbocycles. The van der Waals surface area contributed by atoms with E-state index >= 15 is 0 Å². The van der Waals surface area contributed by atoms with Crippen LogP contribution in [0.2, 0.25) is 0 Å². The maximum atomic E-state index is 13.0. The summed E-state index contributed by atoms with van der Waals surface area (Å²) in [6.45, 7) is 2.35. The SMILES string of the molecule is Cc1ccccc1-c1noc(CNC(=O)C23CC4CC(CC(C4)C2)C3)n1. The van der Waals surface area contributed by atoms with Crippen LogP contribution in [0.3, 0.4) is 0 Å². The quantitative estimate of drug-likeness (QED) is 0.908. The largest absolute Gasteiger partial charge is 0.347 e. The number of hydrogen-bond acceptors (Lipinski definition) is 4. The van der Waals surface area contributed by atoms with Crippen molar-refractivity contribution in [3.05, 3.63) is 35.7 Å². The first-order chi connectivity index (χ1) is 12.6. The Hall–Kier alpha value is -2.17. The second-order valence-corrected chi connectivity index (χ2v) is 8.71. The van der Waals surface area contributed by atoms with E-state index in [0.29, 0.717) is 18.3 Å². The molecule has 4 aliphatic rings. The van der Waals surface area contributed by atoms with Crippen LogP contribution in [0.5, 0.6) is 0 Å². The molecule has 5 heteroatoms. The van der Waals surface area contributed by atoms with Crippen molar-refractivity contribution in [3.63, 3.8) is 0 Å². The Labute approximate surface area is 153 Å². The number of hydrogen-bond donors (Lipinski definition) is 1. The highest BCUT2D eigenvalue weighted by Crippen LogP contribution is 2.60. The molecule has 0 saturated heterocycles. The number of aromatic nitrogens is 2. The zero-order valence-corrected chi connectivity index (χ0v) is 15.2. The lowest BCUT2D eigenvalue weighted by atomic mass is 9.49. The van der Waals surface area contributed by atoms with Gasteiger partial charge < -0.3 is 9.84 Å². The molecular weight excluding hydrogens is 326 g/mol. The Kier molecular flexibility index (Phi) is 3.66. The molecule has 4 aliphatic carbocycles. The van der Waals surface area contributed by atoms with Crippen molar-refractivity contribution in [2.45, 2.75) is 52.0 Å². The van der Waals surface area contributed by atoms with Gasteiger partial charge in [0.25, 0.3) is 0 Å². The van der Waals surface area contributed by atoms with E-state index in [2.05, 4.69) is 15.5 Å². The molecule has 1 aromatic carbocycles. The summed E-state index contributed by atoms with van der Waals surface area (Å²) in [5.74, 6) is 3.56. The summed E-state index contributed by atoms with van der Waals surface area (Å²) in [5, 5.41) is 7.18. The van der Waals surface area contributed by atoms with Crippen molar-refractivity contribution in [1.82, 2.24) is 15.5 Å². The molecule has 0 spiro atoms. The minimum atomic E-state index is -0.131. The third-order valence-electron chi connectivity index (χ3n) is 6.77. The van der Waals surface area contributed by atoms with Gasteiger partial charge in [0, 0.05) is 11.0 Å². The van der Waals surface area contributed by atoms with Gasteiger partial charge >= 0.3 is 0 Å². The number of aryl methyl sites for hydroxylation is 1. The molecular formula is C21H25N3O2. The molecule has 0 unspecified atom stereocenters. The molecule has 0 radical (unpaired) electrons. The maximum Gasteiger partial charge on any atom is 0.246 e. The maximum absolute atomic E-state index is 13.0. The van der Waals surface area contributed by atoms with Gasteiger partial charge in [0.15, 0.2) is 0 Å². The molecule has 2 aromatic rings. The second-order valence-electron chi connectivity index (χ2n) is 8.71. The first-order valence-corrected chi connectivity index (χ1v) is 9.78. The van der Waals surface area contributed by atoms with Gasteiger partial charge in [0.05, 0.1) is 6.54 Å². The number of nitrogens with one attached hydrogen (secondary N) is 1. The minimum absolute atomic E-state index is 0.131. The molecule has 136 valence electrons. The van der Waals surface area contributed by atoms with E-state index in [1.807, 2.05) is 31.2 Å². The highest BCUT2D eigenvalue weighted by atomic mass is 16.5. The Morgan fingerprint density at radius 1 is 1.15 bits per heavy atom. The summed E-state index contributed by atoms with van der Waals surface area (Å²) in [5.41, 5.74) is 1.94. The van der Waals surface area contributed by atoms with Gasteiger partial charge in [0.2, 0.25) is 17.6 Å². The fourth-order valence-corrected chi connectivity index (χ4v) is 5.99. The second kappa shape index (κ2) is 5.93. The fraction of sp³-hybridized carbons (Fsp3) is 0.571. The van der Waals surface area contributed by atoms with E-state index in [-0.39, 0.29) is 11.3 Å². The normalized spacial score (nSPS) is 32.0. The molecule has 5 nitrogen and oxygen atoms in total. The highest BCUT2D eigenvalue weighted by molar-refractivity contribution is 5.83. The van der Waals surface area contributed by atoms with Crippen LogP contribution in [-0.4, -0.2) is 16.0 Å². The fourth-order valence-electron chi connectivity index (χ4n) is 5.99. The number of benzene rings is 1. The summed E-state index contributed by atoms with van der Waals surface area (Å²) < 4.78 is 5.37. The van der Waals surface area contributed by atoms with Crippen molar-refractivity contribution in [1.29, 1.82) is 0 Å². The zero-order valence-electron chi connectivity index (χ0n) is 15.2. The van der Waals surface area contributed by atoms with Gasteiger partial charge in [-0.1, -0.05) is 29.4 Å². The van der Waals surface area contributed by atoms with E-state index in [0.717, 1.165) is 48.1 Å². The topological polar surface area (TPSA) is 68.0 Å². The summed E-state index contributed by atoms with van der Waals surface area (Å²) in [7, 11) is 0. The van der Waals surface area contributed by atoms with Crippen LogP contribution >= 0.6 is 0 Å². The summed E-state index contributed by atoms with van der Waals surface area (Å²) in [6, 6.07) is 7.97. The molecule has 1 heterocycles. The standard InChI is InChI=1S/C21H25N3O2/c1-13-4-2-3-5-17(13)19-23-18(26-24-19)12-22-20(25)21-9-14-6-15(10-21)8-16(7-14)11-21/h2-5,14-16H,6-12H2,1H3,(H,22,25). The van der Waals surface area contributed by atoms with Crippen molar-refractivity contribution in [3.8, 4) is 11.4 Å². The van der Waals surface area contributed by atoms with Crippen LogP contribution in [0, 0.1) is 30.1 Å². The van der Waals surface area contributed by atoms with Gasteiger partial charge in [-0.15, -0.1) is 0 Å². The monoisotopic (exact) mass is 351 g/mol. The Balaban J connectivity index is 1.27. The van der Waals surface area contributed by atoms with Crippen LogP contribution in [0.15, 0.2) is 28.8 Å². The van der Waals surface area contributed by atoms with E-state index in [1.165, 1.54) is 19.3 Å². The first-order valence-electron chi connectivity index (χ1n) is 9.78. The van der Waals surface area contributed by atoms with E-state index in [4.69, 9.17) is 4.52 Å². The molecule has 26 heavy (non-hydrogen) atoms. The highest BCUT2D eigenvalue weighted by Gasteiger charge is 2.54. The number of carbonyl (C=O) groups excluding carboxylic acids is 1. The lowest BCUT2D eigenvalue weighted by Gasteiger charge is -2.55. The molecule has 0 aliphatic heterocycles. The lowest BCUT2D eigenvalue weighted by Crippen LogP contribution is -2.53. The average Bonchev–Trinajstić information content (AvgIpc) is 3.07. The number of amides is 1. The van der Waals surface area contributed by atoms with Gasteiger partial charge in [-0.2, -0.15) is 4.98 Å². The minimum Gasteiger partial charge on any atom is -0.347 e.